The molecule has 5 N–H and O–H groups in total. The first-order valence-corrected chi connectivity index (χ1v) is 15.5. The van der Waals surface area contributed by atoms with E-state index >= 15 is 0 Å². The Labute approximate surface area is 288 Å². The molecule has 1 aromatic carbocycles. The molecule has 0 spiro atoms. The molecule has 0 radical (unpaired) electrons. The Bertz CT molecular complexity index is 1400. The van der Waals surface area contributed by atoms with Crippen LogP contribution < -0.4 is 31.3 Å². The Morgan fingerprint density at radius 1 is 0.640 bits per heavy atom. The first kappa shape index (κ1) is 42.9. The van der Waals surface area contributed by atoms with Crippen molar-refractivity contribution >= 4 is 47.3 Å². The number of rotatable bonds is 19. The topological polar surface area (TPSA) is 224 Å². The third kappa shape index (κ3) is 13.8. The number of carbonyl (C=O) groups excluding carboxylic acids is 8. The number of halogens is 2. The summed E-state index contributed by atoms with van der Waals surface area (Å²) in [5, 5.41) is 12.0. The molecule has 5 atom stereocenters. The van der Waals surface area contributed by atoms with Crippen LogP contribution in [0.5, 0.6) is 5.75 Å². The van der Waals surface area contributed by atoms with E-state index < -0.39 is 126 Å². The first-order chi connectivity index (χ1) is 23.3. The van der Waals surface area contributed by atoms with Crippen molar-refractivity contribution in [3.05, 3.63) is 29.8 Å². The van der Waals surface area contributed by atoms with Gasteiger partial charge in [-0.05, 0) is 30.9 Å². The Morgan fingerprint density at radius 2 is 1.10 bits per heavy atom. The molecule has 1 aromatic rings. The SMILES string of the molecule is COC(=O)C[C@H](NC(=O)[C@H](C)NC(=O)[C@@H](NC(=O)[C@H](CC(=O)OC)NC(=O)[C@@H](NC(C)=O)C(C)C)C(C)C)C(=O)COc1c(F)cccc1F. The summed E-state index contributed by atoms with van der Waals surface area (Å²) in [6.45, 7) is 7.95. The summed E-state index contributed by atoms with van der Waals surface area (Å²) in [5.41, 5.74) is 0. The molecule has 0 aliphatic heterocycles. The van der Waals surface area contributed by atoms with Gasteiger partial charge in [-0.1, -0.05) is 33.8 Å². The monoisotopic (exact) mass is 713 g/mol. The van der Waals surface area contributed by atoms with Crippen LogP contribution in [0.1, 0.15) is 54.4 Å². The Balaban J connectivity index is 3.08. The zero-order valence-electron chi connectivity index (χ0n) is 29.1. The zero-order valence-corrected chi connectivity index (χ0v) is 29.1. The van der Waals surface area contributed by atoms with E-state index in [1.807, 2.05) is 0 Å². The van der Waals surface area contributed by atoms with Crippen LogP contribution in [-0.2, 0) is 47.8 Å². The van der Waals surface area contributed by atoms with Crippen LogP contribution in [0.15, 0.2) is 18.2 Å². The van der Waals surface area contributed by atoms with Gasteiger partial charge in [0.1, 0.15) is 36.8 Å². The van der Waals surface area contributed by atoms with Crippen molar-refractivity contribution in [3.63, 3.8) is 0 Å². The van der Waals surface area contributed by atoms with E-state index in [0.717, 1.165) is 32.4 Å². The van der Waals surface area contributed by atoms with E-state index in [0.29, 0.717) is 0 Å². The second kappa shape index (κ2) is 20.4. The average Bonchev–Trinajstić information content (AvgIpc) is 3.03. The third-order valence-electron chi connectivity index (χ3n) is 7.12. The van der Waals surface area contributed by atoms with Crippen LogP contribution in [0.3, 0.4) is 0 Å². The summed E-state index contributed by atoms with van der Waals surface area (Å²) < 4.78 is 42.0. The van der Waals surface area contributed by atoms with E-state index in [-0.39, 0.29) is 0 Å². The number of Topliss-reactive ketones (excluding diaryl/α,β-unsaturated/α-hetero) is 1. The largest absolute Gasteiger partial charge is 0.480 e. The van der Waals surface area contributed by atoms with Gasteiger partial charge in [0.15, 0.2) is 23.2 Å². The zero-order chi connectivity index (χ0) is 38.3. The fourth-order valence-corrected chi connectivity index (χ4v) is 4.29. The molecule has 0 aromatic heterocycles. The lowest BCUT2D eigenvalue weighted by Gasteiger charge is -2.28. The van der Waals surface area contributed by atoms with Crippen LogP contribution in [0.2, 0.25) is 0 Å². The molecule has 16 nitrogen and oxygen atoms in total. The number of amides is 5. The van der Waals surface area contributed by atoms with E-state index in [1.54, 1.807) is 27.7 Å². The van der Waals surface area contributed by atoms with Gasteiger partial charge in [-0.3, -0.25) is 38.4 Å². The van der Waals surface area contributed by atoms with Gasteiger partial charge < -0.3 is 40.8 Å². The average molecular weight is 714 g/mol. The number of esters is 2. The number of para-hydroxylation sites is 1. The first-order valence-electron chi connectivity index (χ1n) is 15.5. The lowest BCUT2D eigenvalue weighted by atomic mass is 10.0. The van der Waals surface area contributed by atoms with Crippen LogP contribution in [0, 0.1) is 23.5 Å². The van der Waals surface area contributed by atoms with Crippen molar-refractivity contribution in [1.82, 2.24) is 26.6 Å². The summed E-state index contributed by atoms with van der Waals surface area (Å²) in [7, 11) is 2.11. The van der Waals surface area contributed by atoms with Crippen molar-refractivity contribution in [2.24, 2.45) is 11.8 Å². The fraction of sp³-hybridized carbons (Fsp3) is 0.562. The van der Waals surface area contributed by atoms with E-state index in [4.69, 9.17) is 4.74 Å². The molecule has 278 valence electrons. The number of methoxy groups -OCH3 is 2. The van der Waals surface area contributed by atoms with Gasteiger partial charge >= 0.3 is 11.9 Å². The minimum Gasteiger partial charge on any atom is -0.480 e. The molecule has 0 saturated heterocycles. The highest BCUT2D eigenvalue weighted by molar-refractivity contribution is 5.98. The molecule has 5 amide bonds. The molecule has 0 aliphatic rings. The molecule has 0 fully saturated rings. The molecular weight excluding hydrogens is 668 g/mol. The highest BCUT2D eigenvalue weighted by atomic mass is 19.1. The molecule has 0 heterocycles. The van der Waals surface area contributed by atoms with Crippen molar-refractivity contribution in [2.75, 3.05) is 20.8 Å². The van der Waals surface area contributed by atoms with Gasteiger partial charge in [-0.2, -0.15) is 0 Å². The van der Waals surface area contributed by atoms with Crippen LogP contribution in [0.4, 0.5) is 8.78 Å². The van der Waals surface area contributed by atoms with Crippen molar-refractivity contribution in [1.29, 1.82) is 0 Å². The van der Waals surface area contributed by atoms with Gasteiger partial charge in [0.05, 0.1) is 27.1 Å². The molecule has 0 bridgehead atoms. The van der Waals surface area contributed by atoms with Crippen LogP contribution in [0.25, 0.3) is 0 Å². The fourth-order valence-electron chi connectivity index (χ4n) is 4.29. The molecule has 18 heteroatoms. The Kier molecular flexibility index (Phi) is 17.5. The van der Waals surface area contributed by atoms with Gasteiger partial charge in [0.2, 0.25) is 29.5 Å². The quantitative estimate of drug-likeness (QED) is 0.118. The number of nitrogens with one attached hydrogen (secondary N) is 5. The summed E-state index contributed by atoms with van der Waals surface area (Å²) in [6, 6.07) is -3.95. The maximum Gasteiger partial charge on any atom is 0.308 e. The lowest BCUT2D eigenvalue weighted by Crippen LogP contribution is -2.60. The highest BCUT2D eigenvalue weighted by Gasteiger charge is 2.34. The standard InChI is InChI=1S/C32H45F2N5O11/c1-15(2)26(36-18(6)40)32(47)38-22(13-25(43)49-8)30(45)39-27(16(3)4)31(46)35-17(5)29(44)37-21(12-24(42)48-7)23(41)14-50-28-19(33)10-9-11-20(28)34/h9-11,15-17,21-22,26-27H,12-14H2,1-8H3,(H,35,46)(H,36,40)(H,37,44)(H,38,47)(H,39,45)/t17-,21-,22-,26-,27-/m0/s1. The predicted octanol–water partition coefficient (Wildman–Crippen LogP) is -0.185. The molecule has 50 heavy (non-hydrogen) atoms. The van der Waals surface area contributed by atoms with E-state index in [2.05, 4.69) is 36.1 Å². The normalized spacial score (nSPS) is 13.8. The van der Waals surface area contributed by atoms with Crippen LogP contribution >= 0.6 is 0 Å². The second-order valence-electron chi connectivity index (χ2n) is 11.9. The van der Waals surface area contributed by atoms with Crippen molar-refractivity contribution < 1.29 is 61.3 Å². The summed E-state index contributed by atoms with van der Waals surface area (Å²) >= 11 is 0. The Hall–Kier alpha value is -5.16. The predicted molar refractivity (Wildman–Crippen MR) is 171 cm³/mol. The van der Waals surface area contributed by atoms with Crippen LogP contribution in [-0.4, -0.2) is 98.3 Å². The molecule has 0 aliphatic carbocycles. The van der Waals surface area contributed by atoms with Gasteiger partial charge in [0, 0.05) is 6.92 Å². The number of hydrogen-bond acceptors (Lipinski definition) is 11. The third-order valence-corrected chi connectivity index (χ3v) is 7.12. The number of hydrogen-bond donors (Lipinski definition) is 5. The summed E-state index contributed by atoms with van der Waals surface area (Å²) in [5.74, 6) is -10.8. The van der Waals surface area contributed by atoms with Gasteiger partial charge in [0.25, 0.3) is 0 Å². The maximum absolute atomic E-state index is 13.9. The summed E-state index contributed by atoms with van der Waals surface area (Å²) in [6.07, 6.45) is -1.30. The van der Waals surface area contributed by atoms with Crippen molar-refractivity contribution in [2.45, 2.75) is 84.6 Å². The number of carbonyl (C=O) groups is 8. The summed E-state index contributed by atoms with van der Waals surface area (Å²) in [4.78, 5) is 101. The lowest BCUT2D eigenvalue weighted by molar-refractivity contribution is -0.145. The van der Waals surface area contributed by atoms with E-state index in [1.165, 1.54) is 13.8 Å². The van der Waals surface area contributed by atoms with Gasteiger partial charge in [-0.25, -0.2) is 8.78 Å². The smallest absolute Gasteiger partial charge is 0.308 e. The molecule has 1 rings (SSSR count). The van der Waals surface area contributed by atoms with Crippen molar-refractivity contribution in [3.8, 4) is 5.75 Å². The second-order valence-corrected chi connectivity index (χ2v) is 11.9. The van der Waals surface area contributed by atoms with Gasteiger partial charge in [-0.15, -0.1) is 0 Å². The number of ether oxygens (including phenoxy) is 3. The number of benzene rings is 1. The molecule has 0 saturated carbocycles. The maximum atomic E-state index is 13.9. The highest BCUT2D eigenvalue weighted by Crippen LogP contribution is 2.21. The minimum absolute atomic E-state index is 0.396. The molecular formula is C32H45F2N5O11. The van der Waals surface area contributed by atoms with E-state index in [9.17, 15) is 47.1 Å². The minimum atomic E-state index is -1.58. The number of ketones is 1. The molecule has 0 unspecified atom stereocenters. The Morgan fingerprint density at radius 3 is 1.58 bits per heavy atom.